The summed E-state index contributed by atoms with van der Waals surface area (Å²) in [5.41, 5.74) is -1.56. The second kappa shape index (κ2) is 12.4. The highest BCUT2D eigenvalue weighted by Crippen LogP contribution is 2.44. The van der Waals surface area contributed by atoms with Gasteiger partial charge in [-0.25, -0.2) is 9.78 Å². The van der Waals surface area contributed by atoms with Crippen LogP contribution < -0.4 is 10.6 Å². The first kappa shape index (κ1) is 28.2. The van der Waals surface area contributed by atoms with Gasteiger partial charge < -0.3 is 30.2 Å². The lowest BCUT2D eigenvalue weighted by molar-refractivity contribution is -0.157. The van der Waals surface area contributed by atoms with E-state index in [1.165, 1.54) is 22.0 Å². The number of ether oxygens (including phenoxy) is 1. The predicted molar refractivity (Wildman–Crippen MR) is 136 cm³/mol. The number of fused-ring (bicyclic) bond motifs is 1. The summed E-state index contributed by atoms with van der Waals surface area (Å²) in [6.45, 7) is 1.12. The molecule has 0 spiro atoms. The molecule has 2 fully saturated rings. The number of tetrazole rings is 1. The number of β-lactam (4-membered cyclic amide) rings is 1. The summed E-state index contributed by atoms with van der Waals surface area (Å²) in [4.78, 5) is 71.0. The quantitative estimate of drug-likeness (QED) is 0.0528. The first-order valence-corrected chi connectivity index (χ1v) is 14.0. The summed E-state index contributed by atoms with van der Waals surface area (Å²) < 4.78 is 4.76. The van der Waals surface area contributed by atoms with Gasteiger partial charge in [0.15, 0.2) is 10.8 Å². The summed E-state index contributed by atoms with van der Waals surface area (Å²) in [7, 11) is 0. The van der Waals surface area contributed by atoms with Crippen LogP contribution in [0.2, 0.25) is 0 Å². The maximum absolute atomic E-state index is 13.1. The maximum Gasteiger partial charge on any atom is 0.347 e. The minimum Gasteiger partial charge on any atom is -0.481 e. The van der Waals surface area contributed by atoms with Crippen molar-refractivity contribution in [2.24, 2.45) is 10.6 Å². The molecule has 2 aromatic rings. The van der Waals surface area contributed by atoms with Gasteiger partial charge in [0.2, 0.25) is 24.1 Å². The number of hydrogen-bond acceptors (Lipinski definition) is 15. The highest BCUT2D eigenvalue weighted by Gasteiger charge is 2.57. The molecule has 0 aliphatic carbocycles. The number of aliphatic carboxylic acids is 1. The summed E-state index contributed by atoms with van der Waals surface area (Å²) in [5, 5.41) is 33.4. The van der Waals surface area contributed by atoms with Crippen molar-refractivity contribution in [1.82, 2.24) is 35.8 Å². The average Bonchev–Trinajstić information content (AvgIpc) is 3.61. The number of carboxylic acid groups (broad SMARTS) is 1. The zero-order chi connectivity index (χ0) is 28.0. The lowest BCUT2D eigenvalue weighted by atomic mass is 9.89. The fraction of sp³-hybridized carbons (Fsp3) is 0.474. The number of carbonyl (C=O) groups excluding carboxylic acids is 4. The van der Waals surface area contributed by atoms with Crippen LogP contribution in [0, 0.1) is 5.41 Å². The van der Waals surface area contributed by atoms with E-state index in [1.807, 2.05) is 0 Å². The van der Waals surface area contributed by atoms with Gasteiger partial charge in [-0.15, -0.1) is 33.3 Å². The Balaban J connectivity index is 1.44. The molecule has 3 atom stereocenters. The molecule has 2 aliphatic rings. The van der Waals surface area contributed by atoms with Gasteiger partial charge in [0, 0.05) is 23.4 Å². The van der Waals surface area contributed by atoms with E-state index in [2.05, 4.69) is 41.4 Å². The van der Waals surface area contributed by atoms with Gasteiger partial charge in [-0.3, -0.25) is 19.2 Å². The monoisotopic (exact) mass is 599 g/mol. The van der Waals surface area contributed by atoms with Gasteiger partial charge in [0.1, 0.15) is 22.5 Å². The standard InChI is InChI=1S/C19H21N9O8S3/c1-2-35-10(30)3-36-25-11(9-4-37-17(21-9)20-8-29)13(31)22-12-14(32)28-5-19(16(33)34,6-38-15(12)28)7-39-18-23-26-27-24-18/h4,8,12,15H,2-3,5-7H2,1H3,(H,22,31)(H,33,34)(H,20,21,29)(H,23,24,26,27)/t12?,15-,19?/m1/s1. The van der Waals surface area contributed by atoms with E-state index in [4.69, 9.17) is 9.57 Å². The molecule has 20 heteroatoms. The average molecular weight is 600 g/mol. The molecule has 4 N–H and O–H groups in total. The Bertz CT molecular complexity index is 1270. The Kier molecular flexibility index (Phi) is 8.97. The van der Waals surface area contributed by atoms with Gasteiger partial charge in [-0.1, -0.05) is 16.9 Å². The van der Waals surface area contributed by atoms with E-state index in [0.717, 1.165) is 23.1 Å². The van der Waals surface area contributed by atoms with Crippen LogP contribution in [0.15, 0.2) is 15.7 Å². The molecule has 0 radical (unpaired) electrons. The van der Waals surface area contributed by atoms with E-state index in [-0.39, 0.29) is 46.4 Å². The number of carboxylic acids is 1. The highest BCUT2D eigenvalue weighted by atomic mass is 32.2. The number of rotatable bonds is 13. The SMILES string of the molecule is CCOC(=O)CON=C(C(=O)NC1C(=O)N2CC(CSc3nn[nH]n3)(C(=O)O)CS[C@H]12)c1csc(NC=O)n1. The molecule has 0 bridgehead atoms. The van der Waals surface area contributed by atoms with Crippen LogP contribution in [0.3, 0.4) is 0 Å². The number of carbonyl (C=O) groups is 5. The van der Waals surface area contributed by atoms with Crippen LogP contribution in [-0.4, -0.2) is 114 Å². The molecule has 208 valence electrons. The molecule has 39 heavy (non-hydrogen) atoms. The van der Waals surface area contributed by atoms with Crippen LogP contribution in [-0.2, 0) is 33.5 Å². The van der Waals surface area contributed by atoms with Crippen molar-refractivity contribution in [2.75, 3.05) is 36.6 Å². The number of amides is 3. The fourth-order valence-electron chi connectivity index (χ4n) is 3.59. The Hall–Kier alpha value is -3.78. The van der Waals surface area contributed by atoms with E-state index < -0.39 is 47.2 Å². The molecule has 2 saturated heterocycles. The van der Waals surface area contributed by atoms with Crippen LogP contribution in [0.5, 0.6) is 0 Å². The summed E-state index contributed by atoms with van der Waals surface area (Å²) in [6.07, 6.45) is 0.413. The molecule has 2 aromatic heterocycles. The third-order valence-electron chi connectivity index (χ3n) is 5.48. The molecule has 17 nitrogen and oxygen atoms in total. The first-order chi connectivity index (χ1) is 18.8. The Morgan fingerprint density at radius 2 is 2.26 bits per heavy atom. The number of nitrogens with zero attached hydrogens (tertiary/aromatic N) is 6. The van der Waals surface area contributed by atoms with Crippen molar-refractivity contribution in [2.45, 2.75) is 23.5 Å². The minimum atomic E-state index is -1.26. The van der Waals surface area contributed by atoms with Crippen LogP contribution in [0.25, 0.3) is 0 Å². The van der Waals surface area contributed by atoms with Crippen molar-refractivity contribution in [3.63, 3.8) is 0 Å². The predicted octanol–water partition coefficient (Wildman–Crippen LogP) is -1.23. The number of nitrogens with one attached hydrogen (secondary N) is 3. The molecular formula is C19H21N9O8S3. The molecule has 0 aromatic carbocycles. The van der Waals surface area contributed by atoms with E-state index >= 15 is 0 Å². The number of oxime groups is 1. The van der Waals surface area contributed by atoms with Gasteiger partial charge in [-0.05, 0) is 12.1 Å². The Morgan fingerprint density at radius 3 is 2.95 bits per heavy atom. The number of H-pyrrole nitrogens is 1. The lowest BCUT2D eigenvalue weighted by Gasteiger charge is -2.53. The zero-order valence-corrected chi connectivity index (χ0v) is 22.5. The third kappa shape index (κ3) is 6.28. The maximum atomic E-state index is 13.1. The Labute approximate surface area is 231 Å². The van der Waals surface area contributed by atoms with Crippen molar-refractivity contribution < 1.29 is 38.7 Å². The number of hydrogen-bond donors (Lipinski definition) is 4. The fourth-order valence-corrected chi connectivity index (χ4v) is 6.84. The topological polar surface area (TPSA) is 231 Å². The zero-order valence-electron chi connectivity index (χ0n) is 20.1. The van der Waals surface area contributed by atoms with Gasteiger partial charge >= 0.3 is 11.9 Å². The smallest absolute Gasteiger partial charge is 0.347 e. The van der Waals surface area contributed by atoms with Gasteiger partial charge in [-0.2, -0.15) is 5.21 Å². The number of esters is 1. The van der Waals surface area contributed by atoms with Crippen molar-refractivity contribution in [3.8, 4) is 0 Å². The second-order valence-electron chi connectivity index (χ2n) is 8.01. The minimum absolute atomic E-state index is 0.0361. The number of thioether (sulfide) groups is 2. The lowest BCUT2D eigenvalue weighted by Crippen LogP contribution is -2.74. The first-order valence-electron chi connectivity index (χ1n) is 11.1. The molecule has 0 saturated carbocycles. The number of aromatic nitrogens is 5. The highest BCUT2D eigenvalue weighted by molar-refractivity contribution is 8.00. The molecule has 3 amide bonds. The van der Waals surface area contributed by atoms with Crippen LogP contribution in [0.4, 0.5) is 5.13 Å². The van der Waals surface area contributed by atoms with E-state index in [1.54, 1.807) is 6.92 Å². The van der Waals surface area contributed by atoms with Crippen molar-refractivity contribution in [3.05, 3.63) is 11.1 Å². The number of aromatic amines is 1. The van der Waals surface area contributed by atoms with Crippen LogP contribution >= 0.6 is 34.9 Å². The number of anilines is 1. The van der Waals surface area contributed by atoms with Gasteiger partial charge in [0.05, 0.1) is 6.61 Å². The summed E-state index contributed by atoms with van der Waals surface area (Å²) in [6, 6.07) is -0.958. The normalized spacial score (nSPS) is 22.3. The molecule has 2 unspecified atom stereocenters. The van der Waals surface area contributed by atoms with E-state index in [9.17, 15) is 29.1 Å². The molecule has 4 heterocycles. The Morgan fingerprint density at radius 1 is 1.44 bits per heavy atom. The largest absolute Gasteiger partial charge is 0.481 e. The third-order valence-corrected chi connectivity index (χ3v) is 8.97. The van der Waals surface area contributed by atoms with Gasteiger partial charge in [0.25, 0.3) is 5.91 Å². The summed E-state index contributed by atoms with van der Waals surface area (Å²) in [5.74, 6) is -2.78. The van der Waals surface area contributed by atoms with E-state index in [0.29, 0.717) is 6.41 Å². The van der Waals surface area contributed by atoms with Crippen LogP contribution in [0.1, 0.15) is 12.6 Å². The molecular weight excluding hydrogens is 578 g/mol. The van der Waals surface area contributed by atoms with Crippen molar-refractivity contribution in [1.29, 1.82) is 0 Å². The summed E-state index contributed by atoms with van der Waals surface area (Å²) >= 11 is 3.35. The molecule has 2 aliphatic heterocycles. The number of thiazole rings is 1. The second-order valence-corrected chi connectivity index (χ2v) is 10.9. The molecule has 4 rings (SSSR count). The van der Waals surface area contributed by atoms with Crippen molar-refractivity contribution >= 4 is 75.9 Å².